The lowest BCUT2D eigenvalue weighted by atomic mass is 9.94. The second kappa shape index (κ2) is 12.6. The van der Waals surface area contributed by atoms with Gasteiger partial charge in [0.2, 0.25) is 5.91 Å². The number of hydrogen-bond acceptors (Lipinski definition) is 5. The highest BCUT2D eigenvalue weighted by Gasteiger charge is 2.29. The molecule has 9 heteroatoms. The fourth-order valence-corrected chi connectivity index (χ4v) is 5.32. The molecule has 0 spiro atoms. The Morgan fingerprint density at radius 2 is 1.82 bits per heavy atom. The first-order chi connectivity index (χ1) is 19.0. The summed E-state index contributed by atoms with van der Waals surface area (Å²) in [6.45, 7) is 9.11. The molecule has 0 radical (unpaired) electrons. The molecule has 3 heterocycles. The molecule has 1 aliphatic heterocycles. The van der Waals surface area contributed by atoms with E-state index in [-0.39, 0.29) is 17.9 Å². The third-order valence-corrected chi connectivity index (χ3v) is 7.28. The van der Waals surface area contributed by atoms with Crippen LogP contribution in [0.4, 0.5) is 4.39 Å². The summed E-state index contributed by atoms with van der Waals surface area (Å²) in [5.74, 6) is -1.42. The van der Waals surface area contributed by atoms with E-state index in [1.165, 1.54) is 10.6 Å². The van der Waals surface area contributed by atoms with E-state index in [2.05, 4.69) is 10.3 Å². The fraction of sp³-hybridized carbons (Fsp3) is 0.419. The number of carboxylic acid groups (broad SMARTS) is 1. The largest absolute Gasteiger partial charge is 0.481 e. The van der Waals surface area contributed by atoms with Gasteiger partial charge in [-0.15, -0.1) is 0 Å². The minimum Gasteiger partial charge on any atom is -0.481 e. The van der Waals surface area contributed by atoms with E-state index in [4.69, 9.17) is 0 Å². The van der Waals surface area contributed by atoms with Crippen molar-refractivity contribution in [3.63, 3.8) is 0 Å². The van der Waals surface area contributed by atoms with Gasteiger partial charge >= 0.3 is 5.97 Å². The van der Waals surface area contributed by atoms with Gasteiger partial charge in [0.15, 0.2) is 0 Å². The van der Waals surface area contributed by atoms with Gasteiger partial charge in [-0.2, -0.15) is 0 Å². The zero-order valence-corrected chi connectivity index (χ0v) is 23.4. The van der Waals surface area contributed by atoms with Crippen LogP contribution in [0.15, 0.2) is 59.8 Å². The Hall–Kier alpha value is -3.85. The number of aryl methyl sites for hydroxylation is 2. The maximum Gasteiger partial charge on any atom is 0.305 e. The number of nitrogens with one attached hydrogen (secondary N) is 1. The van der Waals surface area contributed by atoms with Crippen LogP contribution >= 0.6 is 0 Å². The Morgan fingerprint density at radius 3 is 2.45 bits per heavy atom. The van der Waals surface area contributed by atoms with E-state index in [1.54, 1.807) is 24.7 Å². The van der Waals surface area contributed by atoms with Crippen molar-refractivity contribution < 1.29 is 19.1 Å². The van der Waals surface area contributed by atoms with Crippen LogP contribution in [0.2, 0.25) is 0 Å². The molecule has 0 aliphatic carbocycles. The van der Waals surface area contributed by atoms with Crippen LogP contribution < -0.4 is 10.9 Å². The summed E-state index contributed by atoms with van der Waals surface area (Å²) in [5, 5.41) is 12.6. The van der Waals surface area contributed by atoms with Crippen molar-refractivity contribution in [1.29, 1.82) is 0 Å². The van der Waals surface area contributed by atoms with Crippen molar-refractivity contribution >= 4 is 11.9 Å². The van der Waals surface area contributed by atoms with E-state index < -0.39 is 30.1 Å². The average Bonchev–Trinajstić information content (AvgIpc) is 2.87. The number of rotatable bonds is 11. The highest BCUT2D eigenvalue weighted by atomic mass is 19.1. The molecule has 0 saturated carbocycles. The maximum atomic E-state index is 13.8. The molecule has 0 unspecified atom stereocenters. The second-order valence-corrected chi connectivity index (χ2v) is 11.2. The fourth-order valence-electron chi connectivity index (χ4n) is 5.32. The molecule has 1 saturated heterocycles. The van der Waals surface area contributed by atoms with Crippen LogP contribution in [0, 0.1) is 19.8 Å². The summed E-state index contributed by atoms with van der Waals surface area (Å²) in [7, 11) is 0. The molecule has 212 valence electrons. The predicted octanol–water partition coefficient (Wildman–Crippen LogP) is 4.60. The van der Waals surface area contributed by atoms with Crippen LogP contribution in [0.3, 0.4) is 0 Å². The molecule has 1 amide bonds. The molecular formula is C31H37FN4O4. The molecule has 4 rings (SSSR count). The normalized spacial score (nSPS) is 15.4. The quantitative estimate of drug-likeness (QED) is 0.363. The lowest BCUT2D eigenvalue weighted by Gasteiger charge is -2.34. The summed E-state index contributed by atoms with van der Waals surface area (Å²) >= 11 is 0. The number of likely N-dealkylation sites (tertiary alicyclic amines) is 1. The van der Waals surface area contributed by atoms with Crippen LogP contribution in [0.1, 0.15) is 61.0 Å². The van der Waals surface area contributed by atoms with Crippen molar-refractivity contribution in [3.8, 4) is 11.1 Å². The van der Waals surface area contributed by atoms with E-state index in [0.717, 1.165) is 27.8 Å². The summed E-state index contributed by atoms with van der Waals surface area (Å²) in [6.07, 6.45) is 4.17. The number of aromatic nitrogens is 2. The van der Waals surface area contributed by atoms with E-state index >= 15 is 0 Å². The number of aliphatic carboxylic acids is 1. The van der Waals surface area contributed by atoms with Crippen molar-refractivity contribution in [2.24, 2.45) is 5.92 Å². The molecule has 1 fully saturated rings. The highest BCUT2D eigenvalue weighted by Crippen LogP contribution is 2.30. The summed E-state index contributed by atoms with van der Waals surface area (Å²) < 4.78 is 14.7. The molecule has 1 aromatic carbocycles. The monoisotopic (exact) mass is 548 g/mol. The van der Waals surface area contributed by atoms with Crippen LogP contribution in [0.25, 0.3) is 11.1 Å². The standard InChI is InChI=1S/C31H37FN4O4/c1-19(2)10-27(36-16-22(8-9-28(36)37)15-35-17-25(32)18-35)31(40)34-26(12-29(38)39)23-11-24(14-33-13-23)30-20(3)6-5-7-21(30)4/h5-9,11,13-14,16,19,25-27H,10,12,15,17-18H2,1-4H3,(H,34,40)(H,38,39)/t26-,27-/m0/s1. The number of nitrogens with zero attached hydrogens (tertiary/aromatic N) is 3. The number of hydrogen-bond donors (Lipinski definition) is 2. The zero-order chi connectivity index (χ0) is 29.0. The first-order valence-electron chi connectivity index (χ1n) is 13.6. The smallest absolute Gasteiger partial charge is 0.305 e. The lowest BCUT2D eigenvalue weighted by molar-refractivity contribution is -0.138. The van der Waals surface area contributed by atoms with Gasteiger partial charge < -0.3 is 15.0 Å². The Kier molecular flexibility index (Phi) is 9.14. The SMILES string of the molecule is Cc1cccc(C)c1-c1cncc([C@H](CC(=O)O)NC(=O)[C@H](CC(C)C)n2cc(CN3CC(F)C3)ccc2=O)c1. The predicted molar refractivity (Wildman–Crippen MR) is 152 cm³/mol. The Labute approximate surface area is 233 Å². The first kappa shape index (κ1) is 29.1. The number of halogens is 1. The van der Waals surface area contributed by atoms with Crippen LogP contribution in [-0.2, 0) is 16.1 Å². The third kappa shape index (κ3) is 7.01. The van der Waals surface area contributed by atoms with Gasteiger partial charge in [0.05, 0.1) is 12.5 Å². The Balaban J connectivity index is 1.64. The third-order valence-electron chi connectivity index (χ3n) is 7.28. The molecule has 2 N–H and O–H groups in total. The number of alkyl halides is 1. The van der Waals surface area contributed by atoms with Gasteiger partial charge in [0, 0.05) is 49.9 Å². The number of amides is 1. The molecule has 3 aromatic rings. The van der Waals surface area contributed by atoms with Gasteiger partial charge in [-0.25, -0.2) is 4.39 Å². The minimum atomic E-state index is -1.07. The number of carboxylic acids is 1. The summed E-state index contributed by atoms with van der Waals surface area (Å²) in [5.41, 5.74) is 5.02. The van der Waals surface area contributed by atoms with Gasteiger partial charge in [-0.1, -0.05) is 38.1 Å². The highest BCUT2D eigenvalue weighted by molar-refractivity contribution is 5.82. The second-order valence-electron chi connectivity index (χ2n) is 11.2. The topological polar surface area (TPSA) is 105 Å². The van der Waals surface area contributed by atoms with Gasteiger partial charge in [0.25, 0.3) is 5.56 Å². The molecule has 8 nitrogen and oxygen atoms in total. The number of carbonyl (C=O) groups is 2. The maximum absolute atomic E-state index is 13.8. The molecule has 2 aromatic heterocycles. The zero-order valence-electron chi connectivity index (χ0n) is 23.4. The minimum absolute atomic E-state index is 0.0842. The molecular weight excluding hydrogens is 511 g/mol. The molecule has 40 heavy (non-hydrogen) atoms. The number of pyridine rings is 2. The first-order valence-corrected chi connectivity index (χ1v) is 13.6. The number of benzene rings is 1. The van der Waals surface area contributed by atoms with Crippen molar-refractivity contribution in [3.05, 3.63) is 87.6 Å². The van der Waals surface area contributed by atoms with E-state index in [1.807, 2.05) is 56.9 Å². The molecule has 0 bridgehead atoms. The number of carbonyl (C=O) groups excluding carboxylic acids is 1. The molecule has 2 atom stereocenters. The van der Waals surface area contributed by atoms with Crippen molar-refractivity contribution in [2.45, 2.75) is 65.3 Å². The van der Waals surface area contributed by atoms with Crippen molar-refractivity contribution in [1.82, 2.24) is 19.8 Å². The summed E-state index contributed by atoms with van der Waals surface area (Å²) in [6, 6.07) is 9.29. The van der Waals surface area contributed by atoms with E-state index in [0.29, 0.717) is 31.6 Å². The van der Waals surface area contributed by atoms with Crippen LogP contribution in [-0.4, -0.2) is 50.7 Å². The van der Waals surface area contributed by atoms with Crippen LogP contribution in [0.5, 0.6) is 0 Å². The van der Waals surface area contributed by atoms with Gasteiger partial charge in [-0.05, 0) is 60.1 Å². The summed E-state index contributed by atoms with van der Waals surface area (Å²) in [4.78, 5) is 44.8. The van der Waals surface area contributed by atoms with Crippen molar-refractivity contribution in [2.75, 3.05) is 13.1 Å². The van der Waals surface area contributed by atoms with Gasteiger partial charge in [0.1, 0.15) is 12.2 Å². The van der Waals surface area contributed by atoms with Gasteiger partial charge in [-0.3, -0.25) is 24.3 Å². The average molecular weight is 549 g/mol. The van der Waals surface area contributed by atoms with E-state index in [9.17, 15) is 23.9 Å². The lowest BCUT2D eigenvalue weighted by Crippen LogP contribution is -2.47. The Bertz CT molecular complexity index is 1410. The Morgan fingerprint density at radius 1 is 1.12 bits per heavy atom. The molecule has 1 aliphatic rings.